The number of unbranched alkanes of at least 4 members (excludes halogenated alkanes) is 1. The maximum atomic E-state index is 11.4. The average Bonchev–Trinajstić information content (AvgIpc) is 2.34. The van der Waals surface area contributed by atoms with Gasteiger partial charge in [-0.1, -0.05) is 31.2 Å². The van der Waals surface area contributed by atoms with E-state index in [1.807, 2.05) is 6.08 Å². The molecule has 96 valence electrons. The van der Waals surface area contributed by atoms with Crippen molar-refractivity contribution in [3.05, 3.63) is 40.8 Å². The largest absolute Gasteiger partial charge is 0.478 e. The maximum Gasteiger partial charge on any atom is 0.335 e. The smallest absolute Gasteiger partial charge is 0.335 e. The van der Waals surface area contributed by atoms with Crippen LogP contribution in [-0.2, 0) is 4.79 Å². The van der Waals surface area contributed by atoms with Gasteiger partial charge in [0.25, 0.3) is 0 Å². The molecule has 0 aromatic heterocycles. The lowest BCUT2D eigenvalue weighted by Gasteiger charge is -2.04. The molecule has 0 aliphatic carbocycles. The van der Waals surface area contributed by atoms with Crippen molar-refractivity contribution in [3.63, 3.8) is 0 Å². The lowest BCUT2D eigenvalue weighted by Crippen LogP contribution is -1.96. The Balaban J connectivity index is 2.81. The molecule has 1 N–H and O–H groups in total. The Bertz CT molecular complexity index is 460. The van der Waals surface area contributed by atoms with E-state index in [-0.39, 0.29) is 11.3 Å². The summed E-state index contributed by atoms with van der Waals surface area (Å²) in [6.07, 6.45) is 3.79. The Kier molecular flexibility index (Phi) is 5.65. The molecule has 1 rings (SSSR count). The number of Topliss-reactive ketones (excluding diaryl/α,β-unsaturated/α-hetero) is 1. The first kappa shape index (κ1) is 14.5. The molecule has 0 radical (unpaired) electrons. The molecule has 0 saturated heterocycles. The van der Waals surface area contributed by atoms with Crippen molar-refractivity contribution >= 4 is 23.5 Å². The van der Waals surface area contributed by atoms with Crippen molar-refractivity contribution in [2.24, 2.45) is 0 Å². The van der Waals surface area contributed by atoms with Crippen LogP contribution in [0.25, 0.3) is 0 Å². The van der Waals surface area contributed by atoms with Gasteiger partial charge in [-0.2, -0.15) is 0 Å². The van der Waals surface area contributed by atoms with E-state index in [0.29, 0.717) is 4.91 Å². The molecule has 0 heterocycles. The number of thioether (sulfide) groups is 1. The van der Waals surface area contributed by atoms with Gasteiger partial charge in [0.15, 0.2) is 5.78 Å². The van der Waals surface area contributed by atoms with Crippen LogP contribution in [0, 0.1) is 0 Å². The molecule has 0 spiro atoms. The highest BCUT2D eigenvalue weighted by Gasteiger charge is 2.07. The van der Waals surface area contributed by atoms with Gasteiger partial charge < -0.3 is 5.11 Å². The Morgan fingerprint density at radius 3 is 2.33 bits per heavy atom. The van der Waals surface area contributed by atoms with Gasteiger partial charge in [0, 0.05) is 4.90 Å². The number of carbonyl (C=O) groups excluding carboxylic acids is 1. The minimum Gasteiger partial charge on any atom is -0.478 e. The Morgan fingerprint density at radius 1 is 1.28 bits per heavy atom. The minimum atomic E-state index is -0.945. The lowest BCUT2D eigenvalue weighted by atomic mass is 10.2. The van der Waals surface area contributed by atoms with E-state index in [0.717, 1.165) is 17.7 Å². The van der Waals surface area contributed by atoms with Gasteiger partial charge in [-0.3, -0.25) is 4.79 Å². The second-order valence-electron chi connectivity index (χ2n) is 3.84. The molecular weight excluding hydrogens is 248 g/mol. The predicted octanol–water partition coefficient (Wildman–Crippen LogP) is 3.75. The zero-order valence-electron chi connectivity index (χ0n) is 10.5. The second-order valence-corrected chi connectivity index (χ2v) is 4.96. The third-order valence-electron chi connectivity index (χ3n) is 2.29. The normalized spacial score (nSPS) is 11.3. The average molecular weight is 264 g/mol. The van der Waals surface area contributed by atoms with E-state index >= 15 is 0 Å². The quantitative estimate of drug-likeness (QED) is 0.628. The summed E-state index contributed by atoms with van der Waals surface area (Å²) in [7, 11) is 0. The summed E-state index contributed by atoms with van der Waals surface area (Å²) in [5.74, 6) is -0.907. The van der Waals surface area contributed by atoms with Gasteiger partial charge in [-0.15, -0.1) is 0 Å². The van der Waals surface area contributed by atoms with Gasteiger partial charge in [0.05, 0.1) is 10.5 Å². The number of ketones is 1. The number of carboxylic acids is 1. The van der Waals surface area contributed by atoms with E-state index in [2.05, 4.69) is 6.92 Å². The zero-order valence-corrected chi connectivity index (χ0v) is 11.3. The molecule has 0 atom stereocenters. The predicted molar refractivity (Wildman–Crippen MR) is 72.9 cm³/mol. The number of aromatic carboxylic acids is 1. The Morgan fingerprint density at radius 2 is 1.89 bits per heavy atom. The third kappa shape index (κ3) is 4.37. The summed E-state index contributed by atoms with van der Waals surface area (Å²) in [6, 6.07) is 6.53. The Labute approximate surface area is 111 Å². The first-order valence-corrected chi connectivity index (χ1v) is 6.58. The fourth-order valence-electron chi connectivity index (χ4n) is 1.33. The first-order valence-electron chi connectivity index (χ1n) is 5.77. The SMILES string of the molecule is CCC/C=C(\Sc1ccc(C(=O)O)cc1)C(C)=O. The molecule has 4 heteroatoms. The highest BCUT2D eigenvalue weighted by Crippen LogP contribution is 2.28. The molecule has 0 aliphatic rings. The molecular formula is C14H16O3S. The zero-order chi connectivity index (χ0) is 13.5. The van der Waals surface area contributed by atoms with Crippen molar-refractivity contribution in [3.8, 4) is 0 Å². The van der Waals surface area contributed by atoms with Crippen molar-refractivity contribution in [2.45, 2.75) is 31.6 Å². The molecule has 1 aromatic carbocycles. The van der Waals surface area contributed by atoms with Crippen molar-refractivity contribution in [2.75, 3.05) is 0 Å². The summed E-state index contributed by atoms with van der Waals surface area (Å²) >= 11 is 1.38. The number of hydrogen-bond donors (Lipinski definition) is 1. The van der Waals surface area contributed by atoms with E-state index in [4.69, 9.17) is 5.11 Å². The van der Waals surface area contributed by atoms with Crippen LogP contribution < -0.4 is 0 Å². The number of carbonyl (C=O) groups is 2. The standard InChI is InChI=1S/C14H16O3S/c1-3-4-5-13(10(2)15)18-12-8-6-11(7-9-12)14(16)17/h5-9H,3-4H2,1-2H3,(H,16,17)/b13-5-. The number of hydrogen-bond acceptors (Lipinski definition) is 3. The van der Waals surface area contributed by atoms with E-state index in [1.54, 1.807) is 31.2 Å². The van der Waals surface area contributed by atoms with Crippen LogP contribution in [0.3, 0.4) is 0 Å². The summed E-state index contributed by atoms with van der Waals surface area (Å²) in [5, 5.41) is 8.79. The van der Waals surface area contributed by atoms with Gasteiger partial charge in [-0.25, -0.2) is 4.79 Å². The topological polar surface area (TPSA) is 54.4 Å². The van der Waals surface area contributed by atoms with Crippen LogP contribution >= 0.6 is 11.8 Å². The van der Waals surface area contributed by atoms with Crippen LogP contribution in [0.4, 0.5) is 0 Å². The van der Waals surface area contributed by atoms with Gasteiger partial charge >= 0.3 is 5.97 Å². The van der Waals surface area contributed by atoms with E-state index in [9.17, 15) is 9.59 Å². The van der Waals surface area contributed by atoms with Crippen molar-refractivity contribution < 1.29 is 14.7 Å². The summed E-state index contributed by atoms with van der Waals surface area (Å²) in [5.41, 5.74) is 0.251. The highest BCUT2D eigenvalue weighted by molar-refractivity contribution is 8.04. The summed E-state index contributed by atoms with van der Waals surface area (Å²) in [4.78, 5) is 23.7. The Hall–Kier alpha value is -1.55. The molecule has 0 saturated carbocycles. The van der Waals surface area contributed by atoms with Crippen LogP contribution in [-0.4, -0.2) is 16.9 Å². The van der Waals surface area contributed by atoms with Crippen molar-refractivity contribution in [1.82, 2.24) is 0 Å². The minimum absolute atomic E-state index is 0.0377. The van der Waals surface area contributed by atoms with Gasteiger partial charge in [0.1, 0.15) is 0 Å². The van der Waals surface area contributed by atoms with Crippen LogP contribution in [0.2, 0.25) is 0 Å². The maximum absolute atomic E-state index is 11.4. The van der Waals surface area contributed by atoms with Crippen LogP contribution in [0.1, 0.15) is 37.0 Å². The molecule has 3 nitrogen and oxygen atoms in total. The fourth-order valence-corrected chi connectivity index (χ4v) is 2.20. The lowest BCUT2D eigenvalue weighted by molar-refractivity contribution is -0.112. The molecule has 0 bridgehead atoms. The van der Waals surface area contributed by atoms with Crippen molar-refractivity contribution in [1.29, 1.82) is 0 Å². The number of benzene rings is 1. The van der Waals surface area contributed by atoms with Gasteiger partial charge in [-0.05, 0) is 37.6 Å². The molecule has 0 fully saturated rings. The number of rotatable bonds is 6. The summed E-state index contributed by atoms with van der Waals surface area (Å²) < 4.78 is 0. The van der Waals surface area contributed by atoms with Crippen LogP contribution in [0.5, 0.6) is 0 Å². The van der Waals surface area contributed by atoms with Gasteiger partial charge in [0.2, 0.25) is 0 Å². The number of allylic oxidation sites excluding steroid dienone is 2. The number of carboxylic acid groups (broad SMARTS) is 1. The summed E-state index contributed by atoms with van der Waals surface area (Å²) in [6.45, 7) is 3.60. The fraction of sp³-hybridized carbons (Fsp3) is 0.286. The second kappa shape index (κ2) is 7.01. The van der Waals surface area contributed by atoms with E-state index < -0.39 is 5.97 Å². The highest BCUT2D eigenvalue weighted by atomic mass is 32.2. The molecule has 0 amide bonds. The molecule has 18 heavy (non-hydrogen) atoms. The molecule has 0 unspecified atom stereocenters. The first-order chi connectivity index (χ1) is 8.54. The molecule has 0 aliphatic heterocycles. The molecule has 1 aromatic rings. The van der Waals surface area contributed by atoms with Crippen LogP contribution in [0.15, 0.2) is 40.1 Å². The monoisotopic (exact) mass is 264 g/mol. The van der Waals surface area contributed by atoms with E-state index in [1.165, 1.54) is 11.8 Å². The third-order valence-corrected chi connectivity index (χ3v) is 3.48.